The molecule has 1 N–H and O–H groups in total. The van der Waals surface area contributed by atoms with Gasteiger partial charge in [0, 0.05) is 38.1 Å². The van der Waals surface area contributed by atoms with Gasteiger partial charge in [0.25, 0.3) is 0 Å². The number of hydrogen-bond acceptors (Lipinski definition) is 4. The highest BCUT2D eigenvalue weighted by Gasteiger charge is 2.39. The lowest BCUT2D eigenvalue weighted by atomic mass is 9.91. The van der Waals surface area contributed by atoms with E-state index < -0.39 is 5.60 Å². The second kappa shape index (κ2) is 6.64. The summed E-state index contributed by atoms with van der Waals surface area (Å²) in [7, 11) is 0. The first-order chi connectivity index (χ1) is 11.0. The lowest BCUT2D eigenvalue weighted by molar-refractivity contribution is -0.0993. The van der Waals surface area contributed by atoms with Crippen LogP contribution in [0.4, 0.5) is 4.39 Å². The van der Waals surface area contributed by atoms with E-state index in [9.17, 15) is 9.50 Å². The van der Waals surface area contributed by atoms with Crippen LogP contribution in [0, 0.1) is 5.82 Å². The summed E-state index contributed by atoms with van der Waals surface area (Å²) in [6, 6.07) is 10.00. The van der Waals surface area contributed by atoms with Gasteiger partial charge in [0.15, 0.2) is 0 Å². The van der Waals surface area contributed by atoms with Crippen LogP contribution in [0.5, 0.6) is 5.75 Å². The fourth-order valence-electron chi connectivity index (χ4n) is 3.02. The first kappa shape index (κ1) is 15.9. The normalized spacial score (nSPS) is 25.3. The topological polar surface area (TPSA) is 45.6 Å². The number of aromatic nitrogens is 1. The Bertz CT molecular complexity index is 648. The third kappa shape index (κ3) is 4.06. The Morgan fingerprint density at radius 1 is 1.35 bits per heavy atom. The molecule has 0 bridgehead atoms. The Morgan fingerprint density at radius 2 is 2.13 bits per heavy atom. The number of rotatable bonds is 4. The van der Waals surface area contributed by atoms with Crippen LogP contribution in [0.1, 0.15) is 18.9 Å². The summed E-state index contributed by atoms with van der Waals surface area (Å²) in [5.74, 6) is 0.120. The van der Waals surface area contributed by atoms with Gasteiger partial charge in [0.1, 0.15) is 23.3 Å². The molecule has 0 saturated carbocycles. The number of aliphatic hydroxyl groups is 1. The minimum Gasteiger partial charge on any atom is -0.487 e. The first-order valence-corrected chi connectivity index (χ1v) is 7.79. The monoisotopic (exact) mass is 316 g/mol. The molecule has 0 amide bonds. The molecule has 2 atom stereocenters. The highest BCUT2D eigenvalue weighted by Crippen LogP contribution is 2.27. The summed E-state index contributed by atoms with van der Waals surface area (Å²) < 4.78 is 19.1. The van der Waals surface area contributed by atoms with E-state index in [0.717, 1.165) is 13.1 Å². The van der Waals surface area contributed by atoms with Gasteiger partial charge in [-0.3, -0.25) is 9.88 Å². The summed E-state index contributed by atoms with van der Waals surface area (Å²) in [6.45, 7) is 3.87. The van der Waals surface area contributed by atoms with Gasteiger partial charge in [-0.2, -0.15) is 0 Å². The Morgan fingerprint density at radius 3 is 2.83 bits per heavy atom. The molecule has 0 radical (unpaired) electrons. The summed E-state index contributed by atoms with van der Waals surface area (Å²) in [5.41, 5.74) is 0.178. The van der Waals surface area contributed by atoms with Gasteiger partial charge in [-0.25, -0.2) is 4.39 Å². The Balaban J connectivity index is 1.63. The maximum atomic E-state index is 13.3. The average Bonchev–Trinajstić information content (AvgIpc) is 2.51. The predicted octanol–water partition coefficient (Wildman–Crippen LogP) is 2.63. The Hall–Kier alpha value is -1.98. The van der Waals surface area contributed by atoms with Crippen LogP contribution in [0.25, 0.3) is 0 Å². The molecular weight excluding hydrogens is 295 g/mol. The molecule has 2 heterocycles. The van der Waals surface area contributed by atoms with Crippen molar-refractivity contribution in [2.45, 2.75) is 31.6 Å². The van der Waals surface area contributed by atoms with E-state index in [0.29, 0.717) is 18.7 Å². The number of likely N-dealkylation sites (tertiary alicyclic amines) is 1. The SMILES string of the molecule is C[C@]1(O)CN(Cc2ccncc2)CC[C@@H]1Oc1cccc(F)c1. The minimum absolute atomic E-state index is 0.336. The second-order valence-electron chi connectivity index (χ2n) is 6.28. The van der Waals surface area contributed by atoms with Crippen molar-refractivity contribution in [3.8, 4) is 5.75 Å². The van der Waals surface area contributed by atoms with Gasteiger partial charge in [0.2, 0.25) is 0 Å². The molecular formula is C18H21FN2O2. The van der Waals surface area contributed by atoms with Crippen LogP contribution in [-0.2, 0) is 6.54 Å². The summed E-state index contributed by atoms with van der Waals surface area (Å²) >= 11 is 0. The molecule has 122 valence electrons. The van der Waals surface area contributed by atoms with Gasteiger partial charge < -0.3 is 9.84 Å². The van der Waals surface area contributed by atoms with Crippen LogP contribution in [0.2, 0.25) is 0 Å². The van der Waals surface area contributed by atoms with Crippen molar-refractivity contribution in [1.82, 2.24) is 9.88 Å². The molecule has 1 saturated heterocycles. The zero-order valence-corrected chi connectivity index (χ0v) is 13.2. The van der Waals surface area contributed by atoms with Gasteiger partial charge >= 0.3 is 0 Å². The minimum atomic E-state index is -0.988. The van der Waals surface area contributed by atoms with Crippen molar-refractivity contribution < 1.29 is 14.2 Å². The van der Waals surface area contributed by atoms with E-state index in [1.807, 2.05) is 12.1 Å². The standard InChI is InChI=1S/C18H21FN2O2/c1-18(22)13-21(12-14-5-8-20-9-6-14)10-7-17(18)23-16-4-2-3-15(19)11-16/h2-6,8-9,11,17,22H,7,10,12-13H2,1H3/t17-,18-/m0/s1. The Kier molecular flexibility index (Phi) is 4.59. The van der Waals surface area contributed by atoms with Gasteiger partial charge in [0.05, 0.1) is 0 Å². The number of benzene rings is 1. The zero-order chi connectivity index (χ0) is 16.3. The number of nitrogens with zero attached hydrogens (tertiary/aromatic N) is 2. The molecule has 23 heavy (non-hydrogen) atoms. The molecule has 1 aliphatic rings. The van der Waals surface area contributed by atoms with Crippen molar-refractivity contribution in [2.24, 2.45) is 0 Å². The van der Waals surface area contributed by atoms with Gasteiger partial charge in [-0.05, 0) is 43.2 Å². The second-order valence-corrected chi connectivity index (χ2v) is 6.28. The molecule has 0 unspecified atom stereocenters. The number of pyridine rings is 1. The number of ether oxygens (including phenoxy) is 1. The zero-order valence-electron chi connectivity index (χ0n) is 13.2. The maximum absolute atomic E-state index is 13.3. The summed E-state index contributed by atoms with van der Waals surface area (Å²) in [6.07, 6.45) is 3.88. The highest BCUT2D eigenvalue weighted by atomic mass is 19.1. The fraction of sp³-hybridized carbons (Fsp3) is 0.389. The fourth-order valence-corrected chi connectivity index (χ4v) is 3.02. The predicted molar refractivity (Wildman–Crippen MR) is 85.6 cm³/mol. The van der Waals surface area contributed by atoms with E-state index in [1.165, 1.54) is 17.7 Å². The van der Waals surface area contributed by atoms with E-state index in [-0.39, 0.29) is 11.9 Å². The molecule has 0 spiro atoms. The van der Waals surface area contributed by atoms with Crippen LogP contribution in [0.3, 0.4) is 0 Å². The Labute approximate surface area is 135 Å². The van der Waals surface area contributed by atoms with Crippen LogP contribution < -0.4 is 4.74 Å². The largest absolute Gasteiger partial charge is 0.487 e. The van der Waals surface area contributed by atoms with Crippen molar-refractivity contribution in [3.05, 3.63) is 60.2 Å². The van der Waals surface area contributed by atoms with Crippen molar-refractivity contribution >= 4 is 0 Å². The molecule has 2 aromatic rings. The van der Waals surface area contributed by atoms with Crippen molar-refractivity contribution in [3.63, 3.8) is 0 Å². The lowest BCUT2D eigenvalue weighted by Crippen LogP contribution is -2.56. The lowest BCUT2D eigenvalue weighted by Gasteiger charge is -2.42. The van der Waals surface area contributed by atoms with Gasteiger partial charge in [-0.1, -0.05) is 6.07 Å². The quantitative estimate of drug-likeness (QED) is 0.942. The van der Waals surface area contributed by atoms with Crippen LogP contribution in [0.15, 0.2) is 48.8 Å². The smallest absolute Gasteiger partial charge is 0.129 e. The van der Waals surface area contributed by atoms with Crippen LogP contribution in [-0.4, -0.2) is 39.8 Å². The van der Waals surface area contributed by atoms with E-state index >= 15 is 0 Å². The van der Waals surface area contributed by atoms with E-state index in [4.69, 9.17) is 4.74 Å². The molecule has 1 aromatic carbocycles. The molecule has 3 rings (SSSR count). The summed E-state index contributed by atoms with van der Waals surface area (Å²) in [4.78, 5) is 6.21. The molecule has 4 nitrogen and oxygen atoms in total. The van der Waals surface area contributed by atoms with Crippen molar-refractivity contribution in [1.29, 1.82) is 0 Å². The van der Waals surface area contributed by atoms with Gasteiger partial charge in [-0.15, -0.1) is 0 Å². The number of β-amino-alcohol motifs (C(OH)–C–C–N with tert-alkyl or cyclic N) is 1. The first-order valence-electron chi connectivity index (χ1n) is 7.79. The molecule has 1 aromatic heterocycles. The number of hydrogen-bond donors (Lipinski definition) is 1. The summed E-state index contributed by atoms with van der Waals surface area (Å²) in [5, 5.41) is 10.7. The molecule has 0 aliphatic carbocycles. The van der Waals surface area contributed by atoms with E-state index in [2.05, 4.69) is 9.88 Å². The molecule has 1 fully saturated rings. The number of piperidine rings is 1. The average molecular weight is 316 g/mol. The molecule has 5 heteroatoms. The highest BCUT2D eigenvalue weighted by molar-refractivity contribution is 5.23. The molecule has 1 aliphatic heterocycles. The third-order valence-corrected chi connectivity index (χ3v) is 4.17. The maximum Gasteiger partial charge on any atom is 0.129 e. The van der Waals surface area contributed by atoms with Crippen LogP contribution >= 0.6 is 0 Å². The van der Waals surface area contributed by atoms with Crippen molar-refractivity contribution in [2.75, 3.05) is 13.1 Å². The third-order valence-electron chi connectivity index (χ3n) is 4.17. The van der Waals surface area contributed by atoms with E-state index in [1.54, 1.807) is 31.5 Å². The number of halogens is 1.